The van der Waals surface area contributed by atoms with Crippen LogP contribution in [0.3, 0.4) is 0 Å². The quantitative estimate of drug-likeness (QED) is 0.758. The van der Waals surface area contributed by atoms with Gasteiger partial charge in [0.15, 0.2) is 0 Å². The maximum absolute atomic E-state index is 12.7. The molecule has 0 aliphatic carbocycles. The first-order valence-electron chi connectivity index (χ1n) is 11.3. The number of ether oxygens (including phenoxy) is 1. The van der Waals surface area contributed by atoms with Crippen LogP contribution in [0.4, 0.5) is 10.7 Å². The number of hydrogen-bond donors (Lipinski definition) is 0. The number of fused-ring (bicyclic) bond motifs is 2. The number of benzene rings is 1. The monoisotopic (exact) mass is 421 g/mol. The molecular weight excluding hydrogens is 394 g/mol. The molecule has 2 aromatic rings. The fourth-order valence-electron chi connectivity index (χ4n) is 5.72. The third kappa shape index (κ3) is 3.14. The van der Waals surface area contributed by atoms with Crippen LogP contribution < -0.4 is 4.90 Å². The minimum atomic E-state index is -0.414. The summed E-state index contributed by atoms with van der Waals surface area (Å²) in [6.45, 7) is 5.20. The highest BCUT2D eigenvalue weighted by molar-refractivity contribution is 5.95. The molecule has 1 aromatic carbocycles. The predicted octanol–water partition coefficient (Wildman–Crippen LogP) is 3.60. The highest BCUT2D eigenvalue weighted by Crippen LogP contribution is 2.43. The number of likely N-dealkylation sites (tertiary alicyclic amines) is 1. The molecule has 7 heteroatoms. The first-order valence-corrected chi connectivity index (χ1v) is 11.3. The number of furan rings is 1. The van der Waals surface area contributed by atoms with Crippen LogP contribution in [0.2, 0.25) is 0 Å². The van der Waals surface area contributed by atoms with E-state index < -0.39 is 5.60 Å². The van der Waals surface area contributed by atoms with Crippen molar-refractivity contribution in [1.29, 1.82) is 0 Å². The second-order valence-electron chi connectivity index (χ2n) is 9.29. The Balaban J connectivity index is 1.23. The van der Waals surface area contributed by atoms with Gasteiger partial charge in [-0.3, -0.25) is 9.69 Å². The summed E-state index contributed by atoms with van der Waals surface area (Å²) < 4.78 is 12.0. The smallest absolute Gasteiger partial charge is 0.417 e. The number of carbonyl (C=O) groups is 2. The Kier molecular flexibility index (Phi) is 4.35. The van der Waals surface area contributed by atoms with Gasteiger partial charge < -0.3 is 14.1 Å². The van der Waals surface area contributed by atoms with E-state index in [2.05, 4.69) is 4.90 Å². The Labute approximate surface area is 181 Å². The summed E-state index contributed by atoms with van der Waals surface area (Å²) in [5.41, 5.74) is 1.09. The van der Waals surface area contributed by atoms with E-state index in [0.29, 0.717) is 29.7 Å². The van der Waals surface area contributed by atoms with Gasteiger partial charge in [-0.2, -0.15) is 0 Å². The lowest BCUT2D eigenvalue weighted by atomic mass is 9.75. The normalized spacial score (nSPS) is 29.7. The van der Waals surface area contributed by atoms with Gasteiger partial charge in [0.05, 0.1) is 6.54 Å². The van der Waals surface area contributed by atoms with E-state index in [1.807, 2.05) is 41.3 Å². The molecular formula is C24H27N3O4. The van der Waals surface area contributed by atoms with Gasteiger partial charge >= 0.3 is 6.09 Å². The van der Waals surface area contributed by atoms with Gasteiger partial charge in [-0.1, -0.05) is 12.1 Å². The third-order valence-corrected chi connectivity index (χ3v) is 7.40. The van der Waals surface area contributed by atoms with E-state index in [1.54, 1.807) is 4.90 Å². The van der Waals surface area contributed by atoms with Crippen LogP contribution in [-0.2, 0) is 4.74 Å². The highest BCUT2D eigenvalue weighted by atomic mass is 16.6. The van der Waals surface area contributed by atoms with E-state index in [-0.39, 0.29) is 12.0 Å². The zero-order chi connectivity index (χ0) is 21.0. The molecule has 6 heterocycles. The molecule has 1 atom stereocenters. The molecule has 0 N–H and O–H groups in total. The zero-order valence-electron chi connectivity index (χ0n) is 17.6. The third-order valence-electron chi connectivity index (χ3n) is 7.40. The Morgan fingerprint density at radius 2 is 1.81 bits per heavy atom. The van der Waals surface area contributed by atoms with Crippen LogP contribution >= 0.6 is 0 Å². The van der Waals surface area contributed by atoms with E-state index in [0.717, 1.165) is 64.0 Å². The second kappa shape index (κ2) is 7.12. The van der Waals surface area contributed by atoms with Crippen LogP contribution in [0.15, 0.2) is 40.8 Å². The van der Waals surface area contributed by atoms with E-state index >= 15 is 0 Å². The van der Waals surface area contributed by atoms with Crippen molar-refractivity contribution in [3.8, 4) is 11.3 Å². The van der Waals surface area contributed by atoms with Crippen molar-refractivity contribution >= 4 is 17.9 Å². The first kappa shape index (κ1) is 18.9. The number of piperidine rings is 3. The summed E-state index contributed by atoms with van der Waals surface area (Å²) in [6, 6.07) is 11.2. The largest absolute Gasteiger partial charge is 0.440 e. The summed E-state index contributed by atoms with van der Waals surface area (Å²) in [4.78, 5) is 31.4. The average Bonchev–Trinajstić information content (AvgIpc) is 3.55. The maximum atomic E-state index is 12.7. The second-order valence-corrected chi connectivity index (χ2v) is 9.29. The Bertz CT molecular complexity index is 1020. The molecule has 31 heavy (non-hydrogen) atoms. The van der Waals surface area contributed by atoms with Crippen molar-refractivity contribution < 1.29 is 18.7 Å². The molecule has 2 amide bonds. The van der Waals surface area contributed by atoms with Gasteiger partial charge in [-0.25, -0.2) is 9.69 Å². The standard InChI is InChI=1S/C24H27N3O4/c28-22(26-10-1-2-11-26)18-5-3-4-17(14-18)20-6-7-21(30-20)27-16-24(31-23(27)29)15-25-12-8-19(24)9-13-25/h3-7,14,19H,1-2,8-13,15-16H2/t24-/m1/s1. The fourth-order valence-corrected chi connectivity index (χ4v) is 5.72. The number of carbonyl (C=O) groups excluding carboxylic acids is 2. The number of nitrogens with zero attached hydrogens (tertiary/aromatic N) is 3. The molecule has 0 saturated carbocycles. The highest BCUT2D eigenvalue weighted by Gasteiger charge is 2.56. The molecule has 7 nitrogen and oxygen atoms in total. The van der Waals surface area contributed by atoms with Crippen molar-refractivity contribution in [2.75, 3.05) is 44.2 Å². The van der Waals surface area contributed by atoms with Crippen LogP contribution in [0.1, 0.15) is 36.0 Å². The minimum Gasteiger partial charge on any atom is -0.440 e. The van der Waals surface area contributed by atoms with Crippen LogP contribution in [0.25, 0.3) is 11.3 Å². The predicted molar refractivity (Wildman–Crippen MR) is 115 cm³/mol. The molecule has 0 unspecified atom stereocenters. The molecule has 1 aromatic heterocycles. The zero-order valence-corrected chi connectivity index (χ0v) is 17.6. The van der Waals surface area contributed by atoms with Gasteiger partial charge in [0.25, 0.3) is 5.91 Å². The van der Waals surface area contributed by atoms with Gasteiger partial charge in [-0.15, -0.1) is 0 Å². The molecule has 7 rings (SSSR count). The lowest BCUT2D eigenvalue weighted by Gasteiger charge is -2.49. The number of hydrogen-bond acceptors (Lipinski definition) is 5. The summed E-state index contributed by atoms with van der Waals surface area (Å²) in [5.74, 6) is 1.64. The molecule has 2 bridgehead atoms. The summed E-state index contributed by atoms with van der Waals surface area (Å²) in [7, 11) is 0. The van der Waals surface area contributed by atoms with Crippen molar-refractivity contribution in [3.63, 3.8) is 0 Å². The Hall–Kier alpha value is -2.80. The van der Waals surface area contributed by atoms with Crippen LogP contribution in [0.5, 0.6) is 0 Å². The van der Waals surface area contributed by atoms with Crippen LogP contribution in [0, 0.1) is 5.92 Å². The van der Waals surface area contributed by atoms with Crippen molar-refractivity contribution in [1.82, 2.24) is 9.80 Å². The van der Waals surface area contributed by atoms with Crippen LogP contribution in [-0.4, -0.2) is 66.7 Å². The lowest BCUT2D eigenvalue weighted by molar-refractivity contribution is -0.0881. The molecule has 5 saturated heterocycles. The molecule has 5 aliphatic heterocycles. The summed E-state index contributed by atoms with van der Waals surface area (Å²) in [6.07, 6.45) is 3.98. The number of amides is 2. The van der Waals surface area contributed by atoms with Gasteiger partial charge in [-0.05, 0) is 57.0 Å². The Morgan fingerprint density at radius 3 is 2.55 bits per heavy atom. The molecule has 162 valence electrons. The van der Waals surface area contributed by atoms with Gasteiger partial charge in [0.2, 0.25) is 5.88 Å². The Morgan fingerprint density at radius 1 is 1.00 bits per heavy atom. The SMILES string of the molecule is O=C(c1cccc(-c2ccc(N3C[C@@]4(CN5CCC4CC5)OC3=O)o2)c1)N1CCCC1. The van der Waals surface area contributed by atoms with Gasteiger partial charge in [0, 0.05) is 42.7 Å². The van der Waals surface area contributed by atoms with E-state index in [4.69, 9.17) is 9.15 Å². The van der Waals surface area contributed by atoms with E-state index in [9.17, 15) is 9.59 Å². The molecule has 5 aliphatic rings. The maximum Gasteiger partial charge on any atom is 0.417 e. The summed E-state index contributed by atoms with van der Waals surface area (Å²) in [5, 5.41) is 0. The molecule has 5 fully saturated rings. The van der Waals surface area contributed by atoms with Gasteiger partial charge in [0.1, 0.15) is 11.4 Å². The molecule has 1 spiro atoms. The van der Waals surface area contributed by atoms with Crippen molar-refractivity contribution in [2.45, 2.75) is 31.3 Å². The van der Waals surface area contributed by atoms with Crippen molar-refractivity contribution in [2.24, 2.45) is 5.92 Å². The van der Waals surface area contributed by atoms with E-state index in [1.165, 1.54) is 0 Å². The molecule has 0 radical (unpaired) electrons. The number of anilines is 1. The minimum absolute atomic E-state index is 0.0681. The first-order chi connectivity index (χ1) is 15.1. The lowest BCUT2D eigenvalue weighted by Crippen LogP contribution is -2.61. The number of rotatable bonds is 3. The van der Waals surface area contributed by atoms with Crippen molar-refractivity contribution in [3.05, 3.63) is 42.0 Å². The fraction of sp³-hybridized carbons (Fsp3) is 0.500. The average molecular weight is 421 g/mol. The summed E-state index contributed by atoms with van der Waals surface area (Å²) >= 11 is 0. The topological polar surface area (TPSA) is 66.2 Å².